The Morgan fingerprint density at radius 1 is 1.19 bits per heavy atom. The second kappa shape index (κ2) is 8.36. The van der Waals surface area contributed by atoms with Gasteiger partial charge in [-0.2, -0.15) is 0 Å². The van der Waals surface area contributed by atoms with Crippen molar-refractivity contribution in [1.82, 2.24) is 4.90 Å². The minimum atomic E-state index is -0.400. The summed E-state index contributed by atoms with van der Waals surface area (Å²) in [7, 11) is 3.29. The molecule has 0 bridgehead atoms. The molecule has 5 nitrogen and oxygen atoms in total. The van der Waals surface area contributed by atoms with Crippen LogP contribution in [0.25, 0.3) is 0 Å². The predicted molar refractivity (Wildman–Crippen MR) is 101 cm³/mol. The Balaban J connectivity index is 1.56. The molecule has 0 spiro atoms. The Morgan fingerprint density at radius 2 is 1.96 bits per heavy atom. The van der Waals surface area contributed by atoms with Crippen LogP contribution in [0.1, 0.15) is 39.2 Å². The Morgan fingerprint density at radius 3 is 2.77 bits per heavy atom. The maximum atomic E-state index is 12.4. The maximum Gasteiger partial charge on any atom is 0.339 e. The van der Waals surface area contributed by atoms with Gasteiger partial charge in [0.15, 0.2) is 6.61 Å². The van der Waals surface area contributed by atoms with Crippen LogP contribution in [-0.2, 0) is 28.9 Å². The second-order valence-corrected chi connectivity index (χ2v) is 7.36. The number of nitrogens with zero attached hydrogens (tertiary/aromatic N) is 1. The van der Waals surface area contributed by atoms with Gasteiger partial charge < -0.3 is 14.4 Å². The summed E-state index contributed by atoms with van der Waals surface area (Å²) in [6.45, 7) is 0.142. The van der Waals surface area contributed by atoms with Gasteiger partial charge in [-0.1, -0.05) is 18.2 Å². The third kappa shape index (κ3) is 4.07. The lowest BCUT2D eigenvalue weighted by Crippen LogP contribution is -2.31. The van der Waals surface area contributed by atoms with Gasteiger partial charge in [0.05, 0.1) is 12.7 Å². The molecule has 0 aliphatic heterocycles. The van der Waals surface area contributed by atoms with Crippen LogP contribution in [0.15, 0.2) is 29.6 Å². The molecule has 0 atom stereocenters. The van der Waals surface area contributed by atoms with Crippen LogP contribution in [0.5, 0.6) is 5.75 Å². The van der Waals surface area contributed by atoms with Crippen molar-refractivity contribution in [2.45, 2.75) is 32.2 Å². The van der Waals surface area contributed by atoms with E-state index in [1.54, 1.807) is 25.5 Å². The molecule has 3 rings (SSSR count). The van der Waals surface area contributed by atoms with Gasteiger partial charge in [-0.3, -0.25) is 4.79 Å². The molecule has 0 fully saturated rings. The zero-order chi connectivity index (χ0) is 18.5. The molecule has 1 aromatic carbocycles. The van der Waals surface area contributed by atoms with E-state index in [2.05, 4.69) is 0 Å². The fourth-order valence-corrected chi connectivity index (χ4v) is 4.27. The summed E-state index contributed by atoms with van der Waals surface area (Å²) in [5, 5.41) is 1.86. The van der Waals surface area contributed by atoms with Crippen molar-refractivity contribution in [3.05, 3.63) is 51.2 Å². The number of hydrogen-bond acceptors (Lipinski definition) is 5. The number of esters is 1. The van der Waals surface area contributed by atoms with E-state index in [-0.39, 0.29) is 12.5 Å². The maximum absolute atomic E-state index is 12.4. The normalized spacial score (nSPS) is 13.0. The average Bonchev–Trinajstić information content (AvgIpc) is 3.10. The van der Waals surface area contributed by atoms with Crippen molar-refractivity contribution >= 4 is 23.2 Å². The van der Waals surface area contributed by atoms with E-state index >= 15 is 0 Å². The molecule has 0 radical (unpaired) electrons. The molecule has 2 aromatic rings. The number of fused-ring (bicyclic) bond motifs is 1. The van der Waals surface area contributed by atoms with Crippen molar-refractivity contribution in [3.8, 4) is 5.75 Å². The third-order valence-corrected chi connectivity index (χ3v) is 5.72. The predicted octanol–water partition coefficient (Wildman–Crippen LogP) is 3.45. The lowest BCUT2D eigenvalue weighted by atomic mass is 9.96. The van der Waals surface area contributed by atoms with E-state index in [9.17, 15) is 9.59 Å². The highest BCUT2D eigenvalue weighted by Gasteiger charge is 2.22. The van der Waals surface area contributed by atoms with E-state index in [0.717, 1.165) is 36.1 Å². The smallest absolute Gasteiger partial charge is 0.339 e. The van der Waals surface area contributed by atoms with Gasteiger partial charge in [0.1, 0.15) is 5.75 Å². The van der Waals surface area contributed by atoms with E-state index in [1.807, 2.05) is 29.6 Å². The number of ether oxygens (including phenoxy) is 2. The average molecular weight is 373 g/mol. The second-order valence-electron chi connectivity index (χ2n) is 6.40. The molecule has 0 saturated carbocycles. The molecular weight excluding hydrogens is 350 g/mol. The number of aryl methyl sites for hydroxylation is 1. The van der Waals surface area contributed by atoms with Crippen molar-refractivity contribution in [1.29, 1.82) is 0 Å². The Labute approximate surface area is 157 Å². The largest absolute Gasteiger partial charge is 0.496 e. The Bertz CT molecular complexity index is 799. The minimum absolute atomic E-state index is 0.242. The molecule has 1 amide bonds. The number of hydrogen-bond donors (Lipinski definition) is 0. The lowest BCUT2D eigenvalue weighted by molar-refractivity contribution is -0.133. The van der Waals surface area contributed by atoms with E-state index in [0.29, 0.717) is 12.1 Å². The summed E-state index contributed by atoms with van der Waals surface area (Å²) in [5.74, 6) is 0.0887. The monoisotopic (exact) mass is 373 g/mol. The van der Waals surface area contributed by atoms with Crippen molar-refractivity contribution < 1.29 is 19.1 Å². The van der Waals surface area contributed by atoms with Crippen LogP contribution in [0.4, 0.5) is 0 Å². The molecule has 1 aliphatic rings. The summed E-state index contributed by atoms with van der Waals surface area (Å²) >= 11 is 1.62. The van der Waals surface area contributed by atoms with Gasteiger partial charge in [-0.15, -0.1) is 11.3 Å². The molecule has 1 heterocycles. The molecule has 0 N–H and O–H groups in total. The first-order valence-electron chi connectivity index (χ1n) is 8.72. The van der Waals surface area contributed by atoms with Gasteiger partial charge in [-0.05, 0) is 37.3 Å². The first-order chi connectivity index (χ1) is 12.6. The molecule has 138 valence electrons. The first-order valence-corrected chi connectivity index (χ1v) is 9.60. The van der Waals surface area contributed by atoms with Crippen LogP contribution in [0, 0.1) is 0 Å². The number of para-hydroxylation sites is 1. The summed E-state index contributed by atoms with van der Waals surface area (Å²) < 4.78 is 10.6. The van der Waals surface area contributed by atoms with Gasteiger partial charge in [0.2, 0.25) is 0 Å². The zero-order valence-corrected chi connectivity index (χ0v) is 15.9. The fraction of sp³-hybridized carbons (Fsp3) is 0.400. The Kier molecular flexibility index (Phi) is 5.93. The SMILES string of the molecule is COc1ccccc1CN(C)C(=O)COC(=O)c1csc2c1CCCC2. The van der Waals surface area contributed by atoms with Crippen LogP contribution < -0.4 is 4.74 Å². The number of carbonyl (C=O) groups is 2. The Hall–Kier alpha value is -2.34. The van der Waals surface area contributed by atoms with Gasteiger partial charge in [-0.25, -0.2) is 4.79 Å². The van der Waals surface area contributed by atoms with Crippen LogP contribution in [0.3, 0.4) is 0 Å². The number of benzene rings is 1. The highest BCUT2D eigenvalue weighted by molar-refractivity contribution is 7.10. The minimum Gasteiger partial charge on any atom is -0.496 e. The molecule has 1 aromatic heterocycles. The van der Waals surface area contributed by atoms with Crippen LogP contribution in [0.2, 0.25) is 0 Å². The molecule has 1 aliphatic carbocycles. The number of thiophene rings is 1. The van der Waals surface area contributed by atoms with Crippen molar-refractivity contribution in [2.75, 3.05) is 20.8 Å². The van der Waals surface area contributed by atoms with E-state index in [4.69, 9.17) is 9.47 Å². The van der Waals surface area contributed by atoms with Crippen LogP contribution >= 0.6 is 11.3 Å². The lowest BCUT2D eigenvalue weighted by Gasteiger charge is -2.19. The standard InChI is InChI=1S/C20H23NO4S/c1-21(11-14-7-3-5-9-17(14)24-2)19(22)12-25-20(23)16-13-26-18-10-6-4-8-15(16)18/h3,5,7,9,13H,4,6,8,10-12H2,1-2H3. The highest BCUT2D eigenvalue weighted by Crippen LogP contribution is 2.30. The molecule has 0 unspecified atom stereocenters. The number of rotatable bonds is 6. The van der Waals surface area contributed by atoms with Gasteiger partial charge >= 0.3 is 5.97 Å². The molecule has 0 saturated heterocycles. The molecule has 6 heteroatoms. The summed E-state index contributed by atoms with van der Waals surface area (Å²) in [6.07, 6.45) is 4.23. The van der Waals surface area contributed by atoms with E-state index in [1.165, 1.54) is 16.2 Å². The van der Waals surface area contributed by atoms with E-state index < -0.39 is 5.97 Å². The van der Waals surface area contributed by atoms with Crippen molar-refractivity contribution in [2.24, 2.45) is 0 Å². The highest BCUT2D eigenvalue weighted by atomic mass is 32.1. The van der Waals surface area contributed by atoms with Gasteiger partial charge in [0, 0.05) is 29.4 Å². The molecular formula is C20H23NO4S. The zero-order valence-electron chi connectivity index (χ0n) is 15.1. The summed E-state index contributed by atoms with van der Waals surface area (Å²) in [5.41, 5.74) is 2.65. The van der Waals surface area contributed by atoms with Gasteiger partial charge in [0.25, 0.3) is 5.91 Å². The van der Waals surface area contributed by atoms with Crippen LogP contribution in [-0.4, -0.2) is 37.5 Å². The topological polar surface area (TPSA) is 55.8 Å². The number of carbonyl (C=O) groups excluding carboxylic acids is 2. The molecule has 26 heavy (non-hydrogen) atoms. The quantitative estimate of drug-likeness (QED) is 0.728. The summed E-state index contributed by atoms with van der Waals surface area (Å²) in [4.78, 5) is 27.5. The fourth-order valence-electron chi connectivity index (χ4n) is 3.16. The first kappa shape index (κ1) is 18.5. The number of amides is 1. The summed E-state index contributed by atoms with van der Waals surface area (Å²) in [6, 6.07) is 7.54. The van der Waals surface area contributed by atoms with Crippen molar-refractivity contribution in [3.63, 3.8) is 0 Å². The third-order valence-electron chi connectivity index (χ3n) is 4.63. The number of likely N-dealkylation sites (N-methyl/N-ethyl adjacent to an activating group) is 1. The number of methoxy groups -OCH3 is 1.